The maximum atomic E-state index is 13.1. The third kappa shape index (κ3) is 3.78. The Hall–Kier alpha value is -2.73. The second-order valence-electron chi connectivity index (χ2n) is 7.06. The number of halogens is 2. The van der Waals surface area contributed by atoms with Crippen LogP contribution in [0.25, 0.3) is 11.5 Å². The molecule has 1 aliphatic rings. The van der Waals surface area contributed by atoms with Crippen LogP contribution in [0.4, 0.5) is 4.39 Å². The number of amides is 1. The molecule has 2 unspecified atom stereocenters. The van der Waals surface area contributed by atoms with Crippen LogP contribution >= 0.6 is 11.6 Å². The number of piperidine rings is 1. The van der Waals surface area contributed by atoms with E-state index in [2.05, 4.69) is 10.1 Å². The first kappa shape index (κ1) is 18.6. The summed E-state index contributed by atoms with van der Waals surface area (Å²) in [6.45, 7) is 2.55. The van der Waals surface area contributed by atoms with Crippen molar-refractivity contribution in [2.24, 2.45) is 0 Å². The van der Waals surface area contributed by atoms with Crippen LogP contribution in [-0.4, -0.2) is 33.5 Å². The molecule has 1 amide bonds. The van der Waals surface area contributed by atoms with Crippen molar-refractivity contribution in [2.75, 3.05) is 6.54 Å². The summed E-state index contributed by atoms with van der Waals surface area (Å²) in [5.74, 6) is 0.524. The minimum Gasteiger partial charge on any atom is -0.335 e. The minimum absolute atomic E-state index is 0.0164. The summed E-state index contributed by atoms with van der Waals surface area (Å²) in [7, 11) is 0. The van der Waals surface area contributed by atoms with E-state index in [0.29, 0.717) is 34.4 Å². The molecule has 1 aliphatic heterocycles. The van der Waals surface area contributed by atoms with E-state index < -0.39 is 0 Å². The summed E-state index contributed by atoms with van der Waals surface area (Å²) in [5, 5.41) is 4.64. The second kappa shape index (κ2) is 7.72. The monoisotopic (exact) mass is 399 g/mol. The number of hydrogen-bond donors (Lipinski definition) is 0. The molecule has 7 heteroatoms. The molecule has 5 nitrogen and oxygen atoms in total. The average Bonchev–Trinajstić information content (AvgIpc) is 3.18. The van der Waals surface area contributed by atoms with Gasteiger partial charge in [0.25, 0.3) is 11.8 Å². The van der Waals surface area contributed by atoms with E-state index >= 15 is 0 Å². The molecule has 0 saturated carbocycles. The van der Waals surface area contributed by atoms with Crippen molar-refractivity contribution in [3.05, 3.63) is 70.8 Å². The first-order valence-corrected chi connectivity index (χ1v) is 9.55. The lowest BCUT2D eigenvalue weighted by Crippen LogP contribution is -2.45. The molecule has 1 aromatic heterocycles. The highest BCUT2D eigenvalue weighted by atomic mass is 35.5. The van der Waals surface area contributed by atoms with Crippen molar-refractivity contribution < 1.29 is 13.7 Å². The fourth-order valence-electron chi connectivity index (χ4n) is 3.50. The van der Waals surface area contributed by atoms with E-state index in [0.717, 1.165) is 12.8 Å². The zero-order chi connectivity index (χ0) is 19.7. The van der Waals surface area contributed by atoms with E-state index in [4.69, 9.17) is 16.1 Å². The number of rotatable bonds is 3. The molecule has 144 valence electrons. The summed E-state index contributed by atoms with van der Waals surface area (Å²) in [6, 6.07) is 13.0. The van der Waals surface area contributed by atoms with Crippen LogP contribution in [-0.2, 0) is 0 Å². The van der Waals surface area contributed by atoms with Crippen molar-refractivity contribution in [1.82, 2.24) is 15.0 Å². The Bertz CT molecular complexity index is 989. The van der Waals surface area contributed by atoms with Gasteiger partial charge >= 0.3 is 0 Å². The zero-order valence-corrected chi connectivity index (χ0v) is 16.1. The van der Waals surface area contributed by atoms with Crippen molar-refractivity contribution in [3.63, 3.8) is 0 Å². The van der Waals surface area contributed by atoms with Crippen LogP contribution in [0.2, 0.25) is 5.02 Å². The van der Waals surface area contributed by atoms with Crippen molar-refractivity contribution >= 4 is 17.5 Å². The van der Waals surface area contributed by atoms with Gasteiger partial charge in [-0.1, -0.05) is 22.8 Å². The Morgan fingerprint density at radius 3 is 2.75 bits per heavy atom. The highest BCUT2D eigenvalue weighted by Gasteiger charge is 2.32. The second-order valence-corrected chi connectivity index (χ2v) is 7.49. The van der Waals surface area contributed by atoms with Crippen molar-refractivity contribution in [1.29, 1.82) is 0 Å². The summed E-state index contributed by atoms with van der Waals surface area (Å²) in [6.07, 6.45) is 1.71. The van der Waals surface area contributed by atoms with E-state index in [1.54, 1.807) is 36.4 Å². The molecule has 0 N–H and O–H groups in total. The van der Waals surface area contributed by atoms with Gasteiger partial charge in [-0.25, -0.2) is 4.39 Å². The highest BCUT2D eigenvalue weighted by molar-refractivity contribution is 6.30. The first-order valence-electron chi connectivity index (χ1n) is 9.17. The largest absolute Gasteiger partial charge is 0.335 e. The molecule has 0 aliphatic carbocycles. The Kier molecular flexibility index (Phi) is 5.13. The van der Waals surface area contributed by atoms with E-state index in [-0.39, 0.29) is 23.7 Å². The molecule has 1 saturated heterocycles. The van der Waals surface area contributed by atoms with Gasteiger partial charge in [0, 0.05) is 34.7 Å². The van der Waals surface area contributed by atoms with Crippen LogP contribution in [0.5, 0.6) is 0 Å². The fourth-order valence-corrected chi connectivity index (χ4v) is 3.69. The third-order valence-corrected chi connectivity index (χ3v) is 5.35. The van der Waals surface area contributed by atoms with Gasteiger partial charge in [-0.2, -0.15) is 4.98 Å². The number of benzene rings is 2. The molecule has 4 rings (SSSR count). The summed E-state index contributed by atoms with van der Waals surface area (Å²) >= 11 is 6.03. The van der Waals surface area contributed by atoms with Crippen LogP contribution in [0, 0.1) is 5.82 Å². The van der Waals surface area contributed by atoms with E-state index in [1.165, 1.54) is 12.1 Å². The van der Waals surface area contributed by atoms with Crippen molar-refractivity contribution in [2.45, 2.75) is 31.7 Å². The topological polar surface area (TPSA) is 59.2 Å². The molecule has 1 fully saturated rings. The lowest BCUT2D eigenvalue weighted by atomic mass is 9.92. The van der Waals surface area contributed by atoms with E-state index in [9.17, 15) is 9.18 Å². The molecule has 3 aromatic rings. The summed E-state index contributed by atoms with van der Waals surface area (Å²) < 4.78 is 18.5. The molecule has 0 spiro atoms. The molecule has 0 radical (unpaired) electrons. The zero-order valence-electron chi connectivity index (χ0n) is 15.3. The van der Waals surface area contributed by atoms with Gasteiger partial charge in [0.2, 0.25) is 0 Å². The number of hydrogen-bond acceptors (Lipinski definition) is 4. The maximum absolute atomic E-state index is 13.1. The molecule has 2 atom stereocenters. The normalized spacial score (nSPS) is 19.6. The van der Waals surface area contributed by atoms with Gasteiger partial charge < -0.3 is 9.42 Å². The Morgan fingerprint density at radius 1 is 1.21 bits per heavy atom. The number of carbonyl (C=O) groups excluding carboxylic acids is 1. The molecule has 28 heavy (non-hydrogen) atoms. The predicted molar refractivity (Wildman–Crippen MR) is 104 cm³/mol. The van der Waals surface area contributed by atoms with Crippen LogP contribution in [0.1, 0.15) is 41.9 Å². The SMILES string of the molecule is CC1CCC(c2noc(-c3ccc(F)cc3)n2)CN1C(=O)c1cccc(Cl)c1. The van der Waals surface area contributed by atoms with Gasteiger partial charge in [-0.3, -0.25) is 4.79 Å². The molecular formula is C21H19ClFN3O2. The Balaban J connectivity index is 1.53. The van der Waals surface area contributed by atoms with Gasteiger partial charge in [0.1, 0.15) is 5.82 Å². The summed E-state index contributed by atoms with van der Waals surface area (Å²) in [4.78, 5) is 19.3. The smallest absolute Gasteiger partial charge is 0.257 e. The maximum Gasteiger partial charge on any atom is 0.257 e. The fraction of sp³-hybridized carbons (Fsp3) is 0.286. The molecule has 2 aromatic carbocycles. The van der Waals surface area contributed by atoms with Crippen LogP contribution in [0.3, 0.4) is 0 Å². The van der Waals surface area contributed by atoms with Gasteiger partial charge in [0.15, 0.2) is 5.82 Å². The van der Waals surface area contributed by atoms with Crippen molar-refractivity contribution in [3.8, 4) is 11.5 Å². The van der Waals surface area contributed by atoms with Gasteiger partial charge in [-0.05, 0) is 62.2 Å². The van der Waals surface area contributed by atoms with E-state index in [1.807, 2.05) is 11.8 Å². The first-order chi connectivity index (χ1) is 13.5. The summed E-state index contributed by atoms with van der Waals surface area (Å²) in [5.41, 5.74) is 1.23. The van der Waals surface area contributed by atoms with Crippen LogP contribution in [0.15, 0.2) is 53.1 Å². The van der Waals surface area contributed by atoms with Crippen LogP contribution < -0.4 is 0 Å². The number of nitrogens with zero attached hydrogens (tertiary/aromatic N) is 3. The quantitative estimate of drug-likeness (QED) is 0.626. The van der Waals surface area contributed by atoms with Gasteiger partial charge in [-0.15, -0.1) is 0 Å². The highest BCUT2D eigenvalue weighted by Crippen LogP contribution is 2.31. The predicted octanol–water partition coefficient (Wildman–Crippen LogP) is 4.94. The minimum atomic E-state index is -0.320. The average molecular weight is 400 g/mol. The Morgan fingerprint density at radius 2 is 2.00 bits per heavy atom. The van der Waals surface area contributed by atoms with Gasteiger partial charge in [0.05, 0.1) is 0 Å². The standard InChI is InChI=1S/C21H19ClFN3O2/c1-13-5-6-16(12-26(13)21(27)15-3-2-4-17(22)11-15)19-24-20(28-25-19)14-7-9-18(23)10-8-14/h2-4,7-11,13,16H,5-6,12H2,1H3. The third-order valence-electron chi connectivity index (χ3n) is 5.11. The Labute approximate surface area is 167 Å². The molecular weight excluding hydrogens is 381 g/mol. The number of aromatic nitrogens is 2. The lowest BCUT2D eigenvalue weighted by Gasteiger charge is -2.37. The number of carbonyl (C=O) groups is 1. The lowest BCUT2D eigenvalue weighted by molar-refractivity contribution is 0.0605. The molecule has 2 heterocycles. The molecule has 0 bridgehead atoms. The number of likely N-dealkylation sites (tertiary alicyclic amines) is 1.